The van der Waals surface area contributed by atoms with Gasteiger partial charge in [-0.25, -0.2) is 9.37 Å². The molecule has 1 unspecified atom stereocenters. The Labute approximate surface area is 93.6 Å². The summed E-state index contributed by atoms with van der Waals surface area (Å²) < 4.78 is 18.2. The van der Waals surface area contributed by atoms with E-state index in [0.29, 0.717) is 24.1 Å². The van der Waals surface area contributed by atoms with Crippen LogP contribution in [0.15, 0.2) is 12.3 Å². The largest absolute Gasteiger partial charge is 0.384 e. The zero-order valence-corrected chi connectivity index (χ0v) is 9.51. The number of hydrogen-bond acceptors (Lipinski definition) is 3. The van der Waals surface area contributed by atoms with Gasteiger partial charge in [0.25, 0.3) is 0 Å². The molecular weight excluding hydrogens is 219 g/mol. The number of rotatable bonds is 5. The molecule has 0 saturated carbocycles. The summed E-state index contributed by atoms with van der Waals surface area (Å²) in [5, 5.41) is 3.19. The number of nitrogens with one attached hydrogen (secondary N) is 1. The summed E-state index contributed by atoms with van der Waals surface area (Å²) in [5.41, 5.74) is 0. The molecule has 1 rings (SSSR count). The predicted octanol–water partition coefficient (Wildman–Crippen LogP) is 2.57. The number of hydrogen-bond donors (Lipinski definition) is 1. The molecule has 0 bridgehead atoms. The monoisotopic (exact) mass is 232 g/mol. The summed E-state index contributed by atoms with van der Waals surface area (Å²) in [4.78, 5) is 3.85. The number of ether oxygens (including phenoxy) is 1. The van der Waals surface area contributed by atoms with E-state index in [4.69, 9.17) is 16.3 Å². The van der Waals surface area contributed by atoms with Crippen LogP contribution in [0.1, 0.15) is 6.92 Å². The second kappa shape index (κ2) is 5.88. The van der Waals surface area contributed by atoms with Crippen molar-refractivity contribution in [1.82, 2.24) is 4.98 Å². The minimum absolute atomic E-state index is 0.224. The van der Waals surface area contributed by atoms with Gasteiger partial charge in [-0.2, -0.15) is 0 Å². The Bertz CT molecular complexity index is 322. The molecule has 1 N–H and O–H groups in total. The molecule has 0 fully saturated rings. The van der Waals surface area contributed by atoms with E-state index in [9.17, 15) is 4.39 Å². The highest BCUT2D eigenvalue weighted by atomic mass is 35.5. The van der Waals surface area contributed by atoms with Crippen molar-refractivity contribution < 1.29 is 9.13 Å². The van der Waals surface area contributed by atoms with E-state index in [2.05, 4.69) is 10.3 Å². The van der Waals surface area contributed by atoms with Crippen molar-refractivity contribution in [3.63, 3.8) is 0 Å². The van der Waals surface area contributed by atoms with Gasteiger partial charge in [-0.3, -0.25) is 0 Å². The van der Waals surface area contributed by atoms with E-state index in [0.717, 1.165) is 0 Å². The summed E-state index contributed by atoms with van der Waals surface area (Å²) in [5.74, 6) is 0.0846. The van der Waals surface area contributed by atoms with Crippen LogP contribution in [0.25, 0.3) is 0 Å². The van der Waals surface area contributed by atoms with Crippen LogP contribution >= 0.6 is 11.6 Å². The van der Waals surface area contributed by atoms with Crippen molar-refractivity contribution >= 4 is 17.4 Å². The lowest BCUT2D eigenvalue weighted by Crippen LogP contribution is -2.17. The van der Waals surface area contributed by atoms with Crippen molar-refractivity contribution in [3.05, 3.63) is 23.1 Å². The molecule has 1 aromatic heterocycles. The number of aromatic nitrogens is 1. The molecule has 3 nitrogen and oxygen atoms in total. The third kappa shape index (κ3) is 4.01. The summed E-state index contributed by atoms with van der Waals surface area (Å²) in [6.45, 7) is 3.24. The van der Waals surface area contributed by atoms with Gasteiger partial charge in [0.2, 0.25) is 0 Å². The third-order valence-corrected chi connectivity index (χ3v) is 2.08. The second-order valence-electron chi connectivity index (χ2n) is 3.43. The third-order valence-electron chi connectivity index (χ3n) is 1.88. The molecule has 84 valence electrons. The van der Waals surface area contributed by atoms with Crippen molar-refractivity contribution in [1.29, 1.82) is 0 Å². The van der Waals surface area contributed by atoms with Gasteiger partial charge in [-0.15, -0.1) is 0 Å². The van der Waals surface area contributed by atoms with Crippen molar-refractivity contribution in [2.45, 2.75) is 6.92 Å². The maximum Gasteiger partial charge on any atom is 0.166 e. The Balaban J connectivity index is 2.50. The first-order chi connectivity index (χ1) is 7.13. The van der Waals surface area contributed by atoms with Crippen LogP contribution in [0, 0.1) is 11.7 Å². The number of methoxy groups -OCH3 is 1. The summed E-state index contributed by atoms with van der Waals surface area (Å²) in [6, 6.07) is 1.23. The molecule has 1 aromatic rings. The van der Waals surface area contributed by atoms with Gasteiger partial charge in [0.05, 0.1) is 11.6 Å². The predicted molar refractivity (Wildman–Crippen MR) is 58.7 cm³/mol. The van der Waals surface area contributed by atoms with E-state index in [1.165, 1.54) is 12.3 Å². The number of nitrogens with zero attached hydrogens (tertiary/aromatic N) is 1. The van der Waals surface area contributed by atoms with Gasteiger partial charge in [0.1, 0.15) is 0 Å². The average molecular weight is 233 g/mol. The molecule has 0 spiro atoms. The number of pyridine rings is 1. The molecule has 0 aliphatic heterocycles. The van der Waals surface area contributed by atoms with Gasteiger partial charge < -0.3 is 10.1 Å². The average Bonchev–Trinajstić information content (AvgIpc) is 2.17. The lowest BCUT2D eigenvalue weighted by Gasteiger charge is -2.12. The standard InChI is InChI=1S/C10H14ClFN2O/c1-7(6-15-2)4-13-10-9(12)3-8(11)5-14-10/h3,5,7H,4,6H2,1-2H3,(H,13,14). The zero-order chi connectivity index (χ0) is 11.3. The molecule has 0 saturated heterocycles. The Hall–Kier alpha value is -0.870. The Morgan fingerprint density at radius 2 is 2.40 bits per heavy atom. The second-order valence-corrected chi connectivity index (χ2v) is 3.86. The lowest BCUT2D eigenvalue weighted by atomic mass is 10.2. The van der Waals surface area contributed by atoms with Crippen molar-refractivity contribution in [3.8, 4) is 0 Å². The van der Waals surface area contributed by atoms with E-state index in [-0.39, 0.29) is 5.82 Å². The van der Waals surface area contributed by atoms with Crippen LogP contribution in [0.5, 0.6) is 0 Å². The Morgan fingerprint density at radius 3 is 3.00 bits per heavy atom. The van der Waals surface area contributed by atoms with Gasteiger partial charge in [-0.1, -0.05) is 18.5 Å². The van der Waals surface area contributed by atoms with Crippen molar-refractivity contribution in [2.75, 3.05) is 25.6 Å². The van der Waals surface area contributed by atoms with Crippen LogP contribution in [0.3, 0.4) is 0 Å². The maximum absolute atomic E-state index is 13.2. The van der Waals surface area contributed by atoms with E-state index < -0.39 is 5.82 Å². The first-order valence-electron chi connectivity index (χ1n) is 4.67. The Morgan fingerprint density at radius 1 is 1.67 bits per heavy atom. The Kier molecular flexibility index (Phi) is 4.78. The van der Waals surface area contributed by atoms with Crippen LogP contribution in [-0.2, 0) is 4.74 Å². The van der Waals surface area contributed by atoms with E-state index in [1.54, 1.807) is 7.11 Å². The molecule has 0 aliphatic rings. The molecule has 0 radical (unpaired) electrons. The number of halogens is 2. The smallest absolute Gasteiger partial charge is 0.166 e. The van der Waals surface area contributed by atoms with Crippen molar-refractivity contribution in [2.24, 2.45) is 5.92 Å². The summed E-state index contributed by atoms with van der Waals surface area (Å²) in [7, 11) is 1.64. The van der Waals surface area contributed by atoms with Gasteiger partial charge in [0.15, 0.2) is 11.6 Å². The quantitative estimate of drug-likeness (QED) is 0.847. The SMILES string of the molecule is COCC(C)CNc1ncc(Cl)cc1F. The molecule has 0 amide bonds. The van der Waals surface area contributed by atoms with Gasteiger partial charge in [0, 0.05) is 19.9 Å². The van der Waals surface area contributed by atoms with E-state index >= 15 is 0 Å². The molecular formula is C10H14ClFN2O. The minimum atomic E-state index is -0.438. The van der Waals surface area contributed by atoms with Gasteiger partial charge >= 0.3 is 0 Å². The fraction of sp³-hybridized carbons (Fsp3) is 0.500. The molecule has 1 atom stereocenters. The lowest BCUT2D eigenvalue weighted by molar-refractivity contribution is 0.164. The zero-order valence-electron chi connectivity index (χ0n) is 8.76. The highest BCUT2D eigenvalue weighted by Crippen LogP contribution is 2.15. The van der Waals surface area contributed by atoms with Gasteiger partial charge in [-0.05, 0) is 12.0 Å². The topological polar surface area (TPSA) is 34.1 Å². The molecule has 0 aromatic carbocycles. The highest BCUT2D eigenvalue weighted by molar-refractivity contribution is 6.30. The molecule has 0 aliphatic carbocycles. The van der Waals surface area contributed by atoms with Crippen LogP contribution in [0.4, 0.5) is 10.2 Å². The number of anilines is 1. The fourth-order valence-electron chi connectivity index (χ4n) is 1.16. The van der Waals surface area contributed by atoms with E-state index in [1.807, 2.05) is 6.92 Å². The highest BCUT2D eigenvalue weighted by Gasteiger charge is 2.06. The van der Waals surface area contributed by atoms with Crippen LogP contribution in [-0.4, -0.2) is 25.2 Å². The summed E-state index contributed by atoms with van der Waals surface area (Å²) >= 11 is 5.58. The molecule has 1 heterocycles. The minimum Gasteiger partial charge on any atom is -0.384 e. The summed E-state index contributed by atoms with van der Waals surface area (Å²) in [6.07, 6.45) is 1.41. The van der Waals surface area contributed by atoms with Crippen LogP contribution in [0.2, 0.25) is 5.02 Å². The van der Waals surface area contributed by atoms with Crippen LogP contribution < -0.4 is 5.32 Å². The molecule has 15 heavy (non-hydrogen) atoms. The normalized spacial score (nSPS) is 12.5. The first kappa shape index (κ1) is 12.2. The maximum atomic E-state index is 13.2. The molecule has 5 heteroatoms. The first-order valence-corrected chi connectivity index (χ1v) is 5.05. The fourth-order valence-corrected chi connectivity index (χ4v) is 1.30.